The lowest BCUT2D eigenvalue weighted by atomic mass is 9.33. The number of rotatable bonds is 5. The lowest BCUT2D eigenvalue weighted by molar-refractivity contribution is -0.211. The third-order valence-electron chi connectivity index (χ3n) is 13.8. The van der Waals surface area contributed by atoms with Crippen LogP contribution in [-0.4, -0.2) is 40.0 Å². The number of carbonyl (C=O) groups is 4. The molecule has 0 heterocycles. The number of aliphatic carboxylic acids is 2. The smallest absolute Gasteiger partial charge is 0.309 e. The fourth-order valence-corrected chi connectivity index (χ4v) is 11.0. The molecule has 0 saturated heterocycles. The molecule has 3 unspecified atom stereocenters. The number of carbonyl (C=O) groups excluding carboxylic acids is 2. The number of ketones is 1. The molecule has 2 N–H and O–H groups in total. The minimum Gasteiger partial charge on any atom is -0.481 e. The molecule has 5 aliphatic carbocycles. The van der Waals surface area contributed by atoms with Gasteiger partial charge in [-0.2, -0.15) is 0 Å². The fraction of sp³-hybridized carbons (Fsp3) is 0.824. The van der Waals surface area contributed by atoms with Crippen LogP contribution in [0.3, 0.4) is 0 Å². The zero-order valence-corrected chi connectivity index (χ0v) is 26.1. The van der Waals surface area contributed by atoms with Gasteiger partial charge in [-0.3, -0.25) is 19.2 Å². The molecule has 4 fully saturated rings. The van der Waals surface area contributed by atoms with Crippen LogP contribution in [0.25, 0.3) is 0 Å². The molecule has 7 heteroatoms. The summed E-state index contributed by atoms with van der Waals surface area (Å²) in [6.07, 6.45) is 8.80. The van der Waals surface area contributed by atoms with Gasteiger partial charge in [0, 0.05) is 11.3 Å². The lowest BCUT2D eigenvalue weighted by Crippen LogP contribution is -2.66. The Morgan fingerprint density at radius 1 is 0.878 bits per heavy atom. The van der Waals surface area contributed by atoms with Crippen LogP contribution in [0.2, 0.25) is 0 Å². The molecule has 41 heavy (non-hydrogen) atoms. The van der Waals surface area contributed by atoms with Gasteiger partial charge in [-0.25, -0.2) is 0 Å². The van der Waals surface area contributed by atoms with E-state index in [1.54, 1.807) is 0 Å². The largest absolute Gasteiger partial charge is 0.481 e. The van der Waals surface area contributed by atoms with Crippen LogP contribution < -0.4 is 0 Å². The van der Waals surface area contributed by atoms with E-state index in [1.165, 1.54) is 5.57 Å². The number of allylic oxidation sites excluding steroid dienone is 2. The number of carboxylic acids is 2. The molecule has 4 saturated carbocycles. The van der Waals surface area contributed by atoms with Crippen LogP contribution in [0.4, 0.5) is 0 Å². The Kier molecular flexibility index (Phi) is 6.95. The number of esters is 1. The van der Waals surface area contributed by atoms with Gasteiger partial charge >= 0.3 is 17.9 Å². The Bertz CT molecular complexity index is 1200. The van der Waals surface area contributed by atoms with E-state index in [0.717, 1.165) is 38.5 Å². The Balaban J connectivity index is 1.49. The second kappa shape index (κ2) is 9.41. The molecule has 0 spiro atoms. The number of fused-ring (bicyclic) bond motifs is 7. The van der Waals surface area contributed by atoms with Gasteiger partial charge in [0.15, 0.2) is 5.78 Å². The van der Waals surface area contributed by atoms with Gasteiger partial charge in [-0.05, 0) is 104 Å². The van der Waals surface area contributed by atoms with Crippen molar-refractivity contribution in [1.82, 2.24) is 0 Å². The first-order chi connectivity index (χ1) is 18.8. The first kappa shape index (κ1) is 30.3. The van der Waals surface area contributed by atoms with Crippen molar-refractivity contribution in [3.63, 3.8) is 0 Å². The fourth-order valence-electron chi connectivity index (χ4n) is 11.0. The minimum atomic E-state index is -1.01. The first-order valence-electron chi connectivity index (χ1n) is 15.7. The topological polar surface area (TPSA) is 118 Å². The maximum Gasteiger partial charge on any atom is 0.309 e. The van der Waals surface area contributed by atoms with Crippen molar-refractivity contribution in [3.8, 4) is 0 Å². The molecule has 0 aliphatic heterocycles. The van der Waals surface area contributed by atoms with Gasteiger partial charge in [-0.15, -0.1) is 0 Å². The van der Waals surface area contributed by atoms with Crippen molar-refractivity contribution in [3.05, 3.63) is 11.6 Å². The van der Waals surface area contributed by atoms with Gasteiger partial charge in [0.2, 0.25) is 0 Å². The Morgan fingerprint density at radius 3 is 2.17 bits per heavy atom. The van der Waals surface area contributed by atoms with E-state index in [2.05, 4.69) is 41.5 Å². The third-order valence-corrected chi connectivity index (χ3v) is 13.8. The summed E-state index contributed by atoms with van der Waals surface area (Å²) in [6, 6.07) is 0. The normalized spacial score (nSPS) is 46.6. The van der Waals surface area contributed by atoms with Crippen molar-refractivity contribution in [2.24, 2.45) is 50.2 Å². The predicted octanol–water partition coefficient (Wildman–Crippen LogP) is 6.83. The number of ether oxygens (including phenoxy) is 1. The molecule has 7 nitrogen and oxygen atoms in total. The lowest BCUT2D eigenvalue weighted by Gasteiger charge is -2.70. The van der Waals surface area contributed by atoms with Gasteiger partial charge in [0.05, 0.1) is 18.3 Å². The molecule has 228 valence electrons. The summed E-state index contributed by atoms with van der Waals surface area (Å²) in [7, 11) is 0. The summed E-state index contributed by atoms with van der Waals surface area (Å²) >= 11 is 0. The van der Waals surface area contributed by atoms with Crippen LogP contribution in [-0.2, 0) is 23.9 Å². The molecule has 9 atom stereocenters. The molecular formula is C34H50O7. The number of hydrogen-bond acceptors (Lipinski definition) is 5. The van der Waals surface area contributed by atoms with Gasteiger partial charge in [0.1, 0.15) is 6.10 Å². The predicted molar refractivity (Wildman–Crippen MR) is 154 cm³/mol. The van der Waals surface area contributed by atoms with Crippen molar-refractivity contribution in [2.75, 3.05) is 0 Å². The highest BCUT2D eigenvalue weighted by Crippen LogP contribution is 2.75. The Morgan fingerprint density at radius 2 is 1.54 bits per heavy atom. The maximum atomic E-state index is 14.5. The second-order valence-corrected chi connectivity index (χ2v) is 16.3. The van der Waals surface area contributed by atoms with E-state index in [-0.39, 0.29) is 69.6 Å². The summed E-state index contributed by atoms with van der Waals surface area (Å²) in [4.78, 5) is 50.3. The zero-order chi connectivity index (χ0) is 30.4. The monoisotopic (exact) mass is 570 g/mol. The van der Waals surface area contributed by atoms with Gasteiger partial charge < -0.3 is 14.9 Å². The molecular weight excluding hydrogens is 520 g/mol. The second-order valence-electron chi connectivity index (χ2n) is 16.3. The van der Waals surface area contributed by atoms with E-state index < -0.39 is 23.3 Å². The molecule has 0 aromatic carbocycles. The van der Waals surface area contributed by atoms with Crippen molar-refractivity contribution < 1.29 is 34.1 Å². The van der Waals surface area contributed by atoms with E-state index in [1.807, 2.05) is 13.0 Å². The summed E-state index contributed by atoms with van der Waals surface area (Å²) in [5.74, 6) is -1.87. The Labute approximate surface area is 244 Å². The molecule has 5 rings (SSSR count). The van der Waals surface area contributed by atoms with Crippen molar-refractivity contribution in [2.45, 2.75) is 125 Å². The van der Waals surface area contributed by atoms with Gasteiger partial charge in [-0.1, -0.05) is 47.1 Å². The SMILES string of the molecule is CC1(C)C2CCC3(C)[C@H](C(=O)C=C4C5C[C@@](C)(C(=O)O)CC[C@]5(C)CC[C@]43C)[C@@]2(C)CC[C@@H]1OC(=O)CCC(=O)O. The van der Waals surface area contributed by atoms with E-state index in [9.17, 15) is 24.3 Å². The number of hydrogen-bond donors (Lipinski definition) is 2. The van der Waals surface area contributed by atoms with E-state index in [4.69, 9.17) is 9.84 Å². The van der Waals surface area contributed by atoms with Crippen LogP contribution in [0.15, 0.2) is 11.6 Å². The van der Waals surface area contributed by atoms with Crippen LogP contribution in [0.1, 0.15) is 119 Å². The molecule has 0 bridgehead atoms. The first-order valence-corrected chi connectivity index (χ1v) is 15.7. The molecule has 5 aliphatic rings. The highest BCUT2D eigenvalue weighted by atomic mass is 16.5. The molecule has 0 aromatic heterocycles. The highest BCUT2D eigenvalue weighted by Gasteiger charge is 2.70. The molecule has 0 radical (unpaired) electrons. The molecule has 0 aromatic rings. The summed E-state index contributed by atoms with van der Waals surface area (Å²) < 4.78 is 5.91. The summed E-state index contributed by atoms with van der Waals surface area (Å²) in [5.41, 5.74) is -0.553. The van der Waals surface area contributed by atoms with E-state index >= 15 is 0 Å². The highest BCUT2D eigenvalue weighted by molar-refractivity contribution is 5.95. The summed E-state index contributed by atoms with van der Waals surface area (Å²) in [6.45, 7) is 15.5. The standard InChI is InChI=1S/C34H50O7/c1-29(2)23-10-13-34(7)27(32(23,5)12-11-24(29)41-26(38)9-8-25(36)37)22(35)18-20-21-19-31(4,28(39)40)15-14-30(21,3)16-17-33(20,34)6/h18,21,23-24,27H,8-17,19H2,1-7H3,(H,36,37)(H,39,40)/t21?,23?,24-,27+,30+,31-,32-,33+,34?/m0/s1. The third kappa shape index (κ3) is 4.25. The van der Waals surface area contributed by atoms with Crippen molar-refractivity contribution in [1.29, 1.82) is 0 Å². The Hall–Kier alpha value is -2.18. The average Bonchev–Trinajstić information content (AvgIpc) is 2.86. The van der Waals surface area contributed by atoms with Crippen LogP contribution in [0.5, 0.6) is 0 Å². The zero-order valence-electron chi connectivity index (χ0n) is 26.1. The van der Waals surface area contributed by atoms with E-state index in [0.29, 0.717) is 19.3 Å². The van der Waals surface area contributed by atoms with Gasteiger partial charge in [0.25, 0.3) is 0 Å². The summed E-state index contributed by atoms with van der Waals surface area (Å²) in [5, 5.41) is 19.1. The number of carboxylic acid groups (broad SMARTS) is 2. The van der Waals surface area contributed by atoms with Crippen LogP contribution >= 0.6 is 0 Å². The maximum absolute atomic E-state index is 14.5. The quantitative estimate of drug-likeness (QED) is 0.348. The average molecular weight is 571 g/mol. The van der Waals surface area contributed by atoms with Crippen molar-refractivity contribution >= 4 is 23.7 Å². The van der Waals surface area contributed by atoms with Crippen LogP contribution in [0, 0.1) is 50.2 Å². The minimum absolute atomic E-state index is 0.0233. The molecule has 0 amide bonds.